The maximum Gasteiger partial charge on any atom is 0.290 e. The normalized spacial score (nSPS) is 21.2. The minimum atomic E-state index is -0.490. The van der Waals surface area contributed by atoms with E-state index in [2.05, 4.69) is 171 Å². The number of hydrogen-bond acceptors (Lipinski definition) is 3. The van der Waals surface area contributed by atoms with Crippen molar-refractivity contribution in [1.29, 1.82) is 0 Å². The lowest BCUT2D eigenvalue weighted by atomic mass is 9.76. The van der Waals surface area contributed by atoms with Crippen LogP contribution in [-0.4, -0.2) is 33.0 Å². The van der Waals surface area contributed by atoms with Gasteiger partial charge >= 0.3 is 0 Å². The third-order valence-electron chi connectivity index (χ3n) is 12.1. The average molecular weight is 666 g/mol. The molecule has 4 nitrogen and oxygen atoms in total. The molecular weight excluding hydrogens is 609 g/mol. The zero-order valence-corrected chi connectivity index (χ0v) is 32.7. The predicted octanol–water partition coefficient (Wildman–Crippen LogP) is 10.5. The molecule has 3 aliphatic rings. The van der Waals surface area contributed by atoms with Crippen LogP contribution in [-0.2, 0) is 23.0 Å². The first kappa shape index (κ1) is 33.5. The number of benzene rings is 4. The zero-order chi connectivity index (χ0) is 35.8. The van der Waals surface area contributed by atoms with Gasteiger partial charge in [0.25, 0.3) is 12.1 Å². The molecule has 0 N–H and O–H groups in total. The lowest BCUT2D eigenvalue weighted by Gasteiger charge is -2.67. The molecule has 8 rings (SSSR count). The van der Waals surface area contributed by atoms with Crippen LogP contribution in [0.5, 0.6) is 0 Å². The second-order valence-corrected chi connectivity index (χ2v) is 18.3. The van der Waals surface area contributed by atoms with E-state index in [1.807, 2.05) is 0 Å². The standard InChI is InChI=1S/C46H57N4/c1-26(2)22-34-31-19-15-14-18-30(31)23-37-38(34)41-40(45(37,12)13)42-35-24-36(44(9,10)11)32-20-16-17-21-33(32)39(35)46(48(42)25-47-41)49(28(5)6)43(27(3)4)50(46)29(7)8/h14-21,23-29,43H,22H2,1-13H3/q+1. The molecular formula is C46H57N4+. The summed E-state index contributed by atoms with van der Waals surface area (Å²) in [6.07, 6.45) is 3.58. The summed E-state index contributed by atoms with van der Waals surface area (Å²) in [5, 5.41) is 5.43. The number of nitrogens with zero attached hydrogens (tertiary/aromatic N) is 4. The lowest BCUT2D eigenvalue weighted by Crippen LogP contribution is -2.90. The first-order valence-corrected chi connectivity index (χ1v) is 19.2. The van der Waals surface area contributed by atoms with Crippen LogP contribution in [0, 0.1) is 11.8 Å². The second-order valence-electron chi connectivity index (χ2n) is 18.3. The Bertz CT molecular complexity index is 2180. The number of fused-ring (bicyclic) bond motifs is 12. The van der Waals surface area contributed by atoms with Crippen molar-refractivity contribution in [2.24, 2.45) is 11.8 Å². The van der Waals surface area contributed by atoms with E-state index in [9.17, 15) is 0 Å². The summed E-state index contributed by atoms with van der Waals surface area (Å²) in [7, 11) is 0. The van der Waals surface area contributed by atoms with Crippen LogP contribution >= 0.6 is 0 Å². The Morgan fingerprint density at radius 3 is 1.96 bits per heavy atom. The van der Waals surface area contributed by atoms with Crippen molar-refractivity contribution in [2.75, 3.05) is 0 Å². The molecule has 260 valence electrons. The molecule has 1 saturated heterocycles. The molecule has 0 atom stereocenters. The predicted molar refractivity (Wildman–Crippen MR) is 209 cm³/mol. The third kappa shape index (κ3) is 4.18. The Morgan fingerprint density at radius 1 is 0.780 bits per heavy atom. The summed E-state index contributed by atoms with van der Waals surface area (Å²) in [5.74, 6) is 0.511. The Balaban J connectivity index is 1.57. The van der Waals surface area contributed by atoms with E-state index >= 15 is 0 Å². The van der Waals surface area contributed by atoms with Crippen LogP contribution < -0.4 is 4.57 Å². The molecule has 0 radical (unpaired) electrons. The van der Waals surface area contributed by atoms with Crippen molar-refractivity contribution in [1.82, 2.24) is 14.8 Å². The van der Waals surface area contributed by atoms with Gasteiger partial charge < -0.3 is 0 Å². The minimum Gasteiger partial charge on any atom is -0.226 e. The SMILES string of the molecule is CC(C)Cc1c2c(cc3ccccc13)C(C)(C)c1c-2nc[n+]2c1-c1cc(C(C)(C)C)c3ccccc3c1C21N(C(C)C)C(C(C)C)N1C(C)C. The molecule has 1 aliphatic carbocycles. The summed E-state index contributed by atoms with van der Waals surface area (Å²) in [4.78, 5) is 11.3. The molecule has 0 amide bonds. The van der Waals surface area contributed by atoms with E-state index in [1.54, 1.807) is 0 Å². The van der Waals surface area contributed by atoms with Crippen LogP contribution in [0.1, 0.15) is 118 Å². The van der Waals surface area contributed by atoms with Crippen LogP contribution in [0.25, 0.3) is 44.1 Å². The van der Waals surface area contributed by atoms with E-state index in [0.717, 1.165) is 6.42 Å². The first-order chi connectivity index (χ1) is 23.5. The highest BCUT2D eigenvalue weighted by molar-refractivity contribution is 6.00. The highest BCUT2D eigenvalue weighted by Gasteiger charge is 2.71. The van der Waals surface area contributed by atoms with Gasteiger partial charge in [-0.2, -0.15) is 4.57 Å². The average Bonchev–Trinajstić information content (AvgIpc) is 3.45. The maximum absolute atomic E-state index is 5.62. The van der Waals surface area contributed by atoms with Gasteiger partial charge in [-0.05, 0) is 107 Å². The van der Waals surface area contributed by atoms with Gasteiger partial charge in [0.1, 0.15) is 5.69 Å². The van der Waals surface area contributed by atoms with E-state index in [4.69, 9.17) is 4.98 Å². The molecule has 1 spiro atoms. The van der Waals surface area contributed by atoms with Crippen molar-refractivity contribution >= 4 is 21.5 Å². The van der Waals surface area contributed by atoms with Gasteiger partial charge in [-0.1, -0.05) is 111 Å². The number of aromatic nitrogens is 2. The Kier molecular flexibility index (Phi) is 7.35. The van der Waals surface area contributed by atoms with E-state index in [1.165, 1.54) is 71.9 Å². The van der Waals surface area contributed by atoms with Gasteiger partial charge in [0.05, 0.1) is 17.3 Å². The van der Waals surface area contributed by atoms with Crippen LogP contribution in [0.4, 0.5) is 0 Å². The third-order valence-corrected chi connectivity index (χ3v) is 12.1. The van der Waals surface area contributed by atoms with Crippen LogP contribution in [0.2, 0.25) is 0 Å². The molecule has 2 aliphatic heterocycles. The van der Waals surface area contributed by atoms with E-state index in [-0.39, 0.29) is 10.8 Å². The van der Waals surface area contributed by atoms with Crippen molar-refractivity contribution in [2.45, 2.75) is 131 Å². The molecule has 4 heteroatoms. The summed E-state index contributed by atoms with van der Waals surface area (Å²) >= 11 is 0. The Hall–Kier alpha value is -3.60. The Morgan fingerprint density at radius 2 is 1.38 bits per heavy atom. The lowest BCUT2D eigenvalue weighted by molar-refractivity contribution is -0.822. The smallest absolute Gasteiger partial charge is 0.226 e. The summed E-state index contributed by atoms with van der Waals surface area (Å²) in [6, 6.07) is 24.0. The van der Waals surface area contributed by atoms with Gasteiger partial charge in [-0.25, -0.2) is 9.80 Å². The first-order valence-electron chi connectivity index (χ1n) is 19.2. The van der Waals surface area contributed by atoms with Crippen molar-refractivity contribution < 1.29 is 4.57 Å². The zero-order valence-electron chi connectivity index (χ0n) is 32.7. The fourth-order valence-electron chi connectivity index (χ4n) is 10.4. The van der Waals surface area contributed by atoms with Crippen LogP contribution in [0.3, 0.4) is 0 Å². The van der Waals surface area contributed by atoms with Gasteiger partial charge in [0.15, 0.2) is 5.69 Å². The second kappa shape index (κ2) is 11.0. The summed E-state index contributed by atoms with van der Waals surface area (Å²) in [5.41, 5.74) is 12.1. The molecule has 0 unspecified atom stereocenters. The fourth-order valence-corrected chi connectivity index (χ4v) is 10.4. The molecule has 4 aromatic carbocycles. The van der Waals surface area contributed by atoms with Crippen molar-refractivity contribution in [3.05, 3.63) is 94.8 Å². The van der Waals surface area contributed by atoms with Gasteiger partial charge in [-0.3, -0.25) is 0 Å². The molecule has 0 bridgehead atoms. The molecule has 1 fully saturated rings. The Labute approximate surface area is 300 Å². The molecule has 50 heavy (non-hydrogen) atoms. The summed E-state index contributed by atoms with van der Waals surface area (Å²) in [6.45, 7) is 31.1. The van der Waals surface area contributed by atoms with E-state index in [0.29, 0.717) is 30.1 Å². The maximum atomic E-state index is 5.62. The van der Waals surface area contributed by atoms with Gasteiger partial charge in [0, 0.05) is 28.6 Å². The largest absolute Gasteiger partial charge is 0.290 e. The van der Waals surface area contributed by atoms with Gasteiger partial charge in [0.2, 0.25) is 0 Å². The fraction of sp³-hybridized carbons (Fsp3) is 0.478. The highest BCUT2D eigenvalue weighted by Crippen LogP contribution is 2.61. The van der Waals surface area contributed by atoms with E-state index < -0.39 is 5.79 Å². The molecule has 3 heterocycles. The van der Waals surface area contributed by atoms with Crippen molar-refractivity contribution in [3.63, 3.8) is 0 Å². The minimum absolute atomic E-state index is 0.0262. The quantitative estimate of drug-likeness (QED) is 0.175. The number of rotatable bonds is 5. The summed E-state index contributed by atoms with van der Waals surface area (Å²) < 4.78 is 2.63. The number of hydrogen-bond donors (Lipinski definition) is 0. The monoisotopic (exact) mass is 665 g/mol. The molecule has 5 aromatic rings. The van der Waals surface area contributed by atoms with Crippen molar-refractivity contribution in [3.8, 4) is 22.5 Å². The van der Waals surface area contributed by atoms with Gasteiger partial charge in [-0.15, -0.1) is 0 Å². The topological polar surface area (TPSA) is 23.2 Å². The molecule has 1 aromatic heterocycles. The highest BCUT2D eigenvalue weighted by atomic mass is 15.7. The molecule has 0 saturated carbocycles. The van der Waals surface area contributed by atoms with Crippen LogP contribution in [0.15, 0.2) is 67.0 Å².